The second-order valence-corrected chi connectivity index (χ2v) is 6.51. The lowest BCUT2D eigenvalue weighted by molar-refractivity contribution is -0.121. The molecule has 6 heteroatoms. The highest BCUT2D eigenvalue weighted by molar-refractivity contribution is 8.18. The fourth-order valence-electron chi connectivity index (χ4n) is 2.18. The summed E-state index contributed by atoms with van der Waals surface area (Å²) in [6.07, 6.45) is 1.83. The summed E-state index contributed by atoms with van der Waals surface area (Å²) >= 11 is 7.46. The number of halogens is 1. The molecule has 3 rings (SSSR count). The molecule has 0 aromatic heterocycles. The quantitative estimate of drug-likeness (QED) is 0.754. The zero-order valence-electron chi connectivity index (χ0n) is 13.2. The van der Waals surface area contributed by atoms with Crippen LogP contribution in [0.2, 0.25) is 5.02 Å². The van der Waals surface area contributed by atoms with Gasteiger partial charge < -0.3 is 4.74 Å². The molecular weight excluding hydrogens is 344 g/mol. The minimum absolute atomic E-state index is 0.0892. The number of likely N-dealkylation sites (N-methyl/N-ethyl adjacent to an activating group) is 1. The van der Waals surface area contributed by atoms with Crippen molar-refractivity contribution in [3.05, 3.63) is 64.0 Å². The molecule has 1 amide bonds. The van der Waals surface area contributed by atoms with Crippen LogP contribution in [-0.4, -0.2) is 30.1 Å². The van der Waals surface area contributed by atoms with Crippen molar-refractivity contribution in [2.45, 2.75) is 0 Å². The number of para-hydroxylation sites is 1. The highest BCUT2D eigenvalue weighted by atomic mass is 35.5. The summed E-state index contributed by atoms with van der Waals surface area (Å²) in [5.41, 5.74) is 1.54. The molecule has 1 heterocycles. The first-order valence-electron chi connectivity index (χ1n) is 7.23. The second-order valence-electron chi connectivity index (χ2n) is 5.10. The van der Waals surface area contributed by atoms with Gasteiger partial charge in [-0.05, 0) is 47.7 Å². The number of amidine groups is 1. The van der Waals surface area contributed by atoms with Gasteiger partial charge in [-0.2, -0.15) is 0 Å². The Labute approximate surface area is 149 Å². The van der Waals surface area contributed by atoms with E-state index in [4.69, 9.17) is 16.3 Å². The van der Waals surface area contributed by atoms with E-state index >= 15 is 0 Å². The summed E-state index contributed by atoms with van der Waals surface area (Å²) in [5.74, 6) is 0.659. The molecule has 122 valence electrons. The molecular formula is C18H15ClN2O2S. The topological polar surface area (TPSA) is 41.9 Å². The fraction of sp³-hybridized carbons (Fsp3) is 0.111. The van der Waals surface area contributed by atoms with Crippen molar-refractivity contribution in [1.82, 2.24) is 4.90 Å². The molecule has 0 aliphatic carbocycles. The van der Waals surface area contributed by atoms with Crippen LogP contribution in [0, 0.1) is 0 Å². The standard InChI is InChI=1S/C18H15ClN2O2S/c1-21-17(22)16(11-12-6-5-7-13(10-12)23-2)24-18(21)20-15-9-4-3-8-14(15)19/h3-11H,1-2H3/b16-11+,20-18?. The van der Waals surface area contributed by atoms with E-state index in [1.807, 2.05) is 48.5 Å². The molecule has 0 spiro atoms. The molecule has 0 radical (unpaired) electrons. The second kappa shape index (κ2) is 7.11. The minimum Gasteiger partial charge on any atom is -0.497 e. The average molecular weight is 359 g/mol. The Morgan fingerprint density at radius 1 is 1.21 bits per heavy atom. The van der Waals surface area contributed by atoms with Crippen LogP contribution in [0.25, 0.3) is 6.08 Å². The van der Waals surface area contributed by atoms with Crippen molar-refractivity contribution in [3.63, 3.8) is 0 Å². The smallest absolute Gasteiger partial charge is 0.266 e. The highest BCUT2D eigenvalue weighted by Gasteiger charge is 2.30. The maximum Gasteiger partial charge on any atom is 0.266 e. The molecule has 1 aliphatic heterocycles. The lowest BCUT2D eigenvalue weighted by Gasteiger charge is -2.07. The van der Waals surface area contributed by atoms with Crippen molar-refractivity contribution >= 4 is 46.2 Å². The lowest BCUT2D eigenvalue weighted by atomic mass is 10.2. The molecule has 0 atom stereocenters. The maximum atomic E-state index is 12.4. The van der Waals surface area contributed by atoms with E-state index in [0.717, 1.165) is 11.3 Å². The van der Waals surface area contributed by atoms with Gasteiger partial charge in [-0.25, -0.2) is 4.99 Å². The number of ether oxygens (including phenoxy) is 1. The summed E-state index contributed by atoms with van der Waals surface area (Å²) in [7, 11) is 3.32. The first-order chi connectivity index (χ1) is 11.6. The van der Waals surface area contributed by atoms with Gasteiger partial charge in [0, 0.05) is 7.05 Å². The van der Waals surface area contributed by atoms with Crippen LogP contribution < -0.4 is 4.74 Å². The van der Waals surface area contributed by atoms with E-state index in [9.17, 15) is 4.79 Å². The van der Waals surface area contributed by atoms with Crippen LogP contribution in [0.15, 0.2) is 58.4 Å². The van der Waals surface area contributed by atoms with Crippen molar-refractivity contribution in [2.75, 3.05) is 14.2 Å². The van der Waals surface area contributed by atoms with Gasteiger partial charge in [-0.1, -0.05) is 35.9 Å². The molecule has 2 aromatic carbocycles. The van der Waals surface area contributed by atoms with E-state index in [1.165, 1.54) is 16.7 Å². The van der Waals surface area contributed by atoms with E-state index < -0.39 is 0 Å². The van der Waals surface area contributed by atoms with Crippen LogP contribution in [0.3, 0.4) is 0 Å². The normalized spacial score (nSPS) is 17.8. The minimum atomic E-state index is -0.0892. The number of thioether (sulfide) groups is 1. The van der Waals surface area contributed by atoms with E-state index in [1.54, 1.807) is 20.2 Å². The van der Waals surface area contributed by atoms with Crippen molar-refractivity contribution in [3.8, 4) is 5.75 Å². The summed E-state index contributed by atoms with van der Waals surface area (Å²) in [5, 5.41) is 1.15. The highest BCUT2D eigenvalue weighted by Crippen LogP contribution is 2.35. The molecule has 2 aromatic rings. The third-order valence-corrected chi connectivity index (χ3v) is 4.84. The van der Waals surface area contributed by atoms with Gasteiger partial charge in [0.1, 0.15) is 5.75 Å². The predicted molar refractivity (Wildman–Crippen MR) is 99.9 cm³/mol. The summed E-state index contributed by atoms with van der Waals surface area (Å²) in [4.78, 5) is 19.1. The Hall–Kier alpha value is -2.24. The first-order valence-corrected chi connectivity index (χ1v) is 8.43. The molecule has 0 bridgehead atoms. The number of nitrogens with zero attached hydrogens (tertiary/aromatic N) is 2. The number of benzene rings is 2. The Balaban J connectivity index is 1.91. The van der Waals surface area contributed by atoms with Gasteiger partial charge >= 0.3 is 0 Å². The van der Waals surface area contributed by atoms with Crippen molar-refractivity contribution in [2.24, 2.45) is 4.99 Å². The first kappa shape index (κ1) is 16.6. The summed E-state index contributed by atoms with van der Waals surface area (Å²) in [6.45, 7) is 0. The van der Waals surface area contributed by atoms with Gasteiger partial charge in [0.25, 0.3) is 5.91 Å². The molecule has 1 fully saturated rings. The number of methoxy groups -OCH3 is 1. The predicted octanol–water partition coefficient (Wildman–Crippen LogP) is 4.58. The number of amides is 1. The molecule has 0 saturated carbocycles. The van der Waals surface area contributed by atoms with Gasteiger partial charge in [-0.3, -0.25) is 9.69 Å². The third kappa shape index (κ3) is 3.47. The number of rotatable bonds is 3. The molecule has 24 heavy (non-hydrogen) atoms. The van der Waals surface area contributed by atoms with Crippen LogP contribution in [-0.2, 0) is 4.79 Å². The molecule has 1 aliphatic rings. The van der Waals surface area contributed by atoms with Gasteiger partial charge in [0.15, 0.2) is 5.17 Å². The number of hydrogen-bond donors (Lipinski definition) is 0. The van der Waals surface area contributed by atoms with E-state index in [2.05, 4.69) is 4.99 Å². The Bertz CT molecular complexity index is 848. The number of carbonyl (C=O) groups excluding carboxylic acids is 1. The zero-order chi connectivity index (χ0) is 17.1. The van der Waals surface area contributed by atoms with Gasteiger partial charge in [0.05, 0.1) is 22.7 Å². The Morgan fingerprint density at radius 3 is 2.75 bits per heavy atom. The zero-order valence-corrected chi connectivity index (χ0v) is 14.8. The largest absolute Gasteiger partial charge is 0.497 e. The molecule has 0 unspecified atom stereocenters. The van der Waals surface area contributed by atoms with E-state index in [-0.39, 0.29) is 5.91 Å². The number of aliphatic imine (C=N–C) groups is 1. The third-order valence-electron chi connectivity index (χ3n) is 3.46. The maximum absolute atomic E-state index is 12.4. The molecule has 0 N–H and O–H groups in total. The number of carbonyl (C=O) groups is 1. The van der Waals surface area contributed by atoms with Gasteiger partial charge in [-0.15, -0.1) is 0 Å². The monoisotopic (exact) mass is 358 g/mol. The summed E-state index contributed by atoms with van der Waals surface area (Å²) < 4.78 is 5.21. The van der Waals surface area contributed by atoms with Crippen molar-refractivity contribution < 1.29 is 9.53 Å². The Kier molecular flexibility index (Phi) is 4.92. The van der Waals surface area contributed by atoms with Crippen LogP contribution in [0.1, 0.15) is 5.56 Å². The SMILES string of the molecule is COc1cccc(/C=C2/SC(=Nc3ccccc3Cl)N(C)C2=O)c1. The van der Waals surface area contributed by atoms with Crippen molar-refractivity contribution in [1.29, 1.82) is 0 Å². The fourth-order valence-corrected chi connectivity index (χ4v) is 3.34. The molecule has 1 saturated heterocycles. The molecule has 4 nitrogen and oxygen atoms in total. The summed E-state index contributed by atoms with van der Waals surface area (Å²) in [6, 6.07) is 14.8. The van der Waals surface area contributed by atoms with Gasteiger partial charge in [0.2, 0.25) is 0 Å². The van der Waals surface area contributed by atoms with Crippen LogP contribution in [0.4, 0.5) is 5.69 Å². The van der Waals surface area contributed by atoms with Crippen LogP contribution >= 0.6 is 23.4 Å². The van der Waals surface area contributed by atoms with E-state index in [0.29, 0.717) is 20.8 Å². The van der Waals surface area contributed by atoms with Crippen LogP contribution in [0.5, 0.6) is 5.75 Å². The average Bonchev–Trinajstić information content (AvgIpc) is 2.85. The lowest BCUT2D eigenvalue weighted by Crippen LogP contribution is -2.23. The Morgan fingerprint density at radius 2 is 2.00 bits per heavy atom. The number of hydrogen-bond acceptors (Lipinski definition) is 4.